The molecule has 16 heavy (non-hydrogen) atoms. The number of aromatic nitrogens is 2. The number of benzene rings is 1. The van der Waals surface area contributed by atoms with Crippen LogP contribution in [0.3, 0.4) is 0 Å². The molecule has 84 valence electrons. The van der Waals surface area contributed by atoms with Crippen LogP contribution >= 0.6 is 0 Å². The number of hydrogen-bond donors (Lipinski definition) is 1. The van der Waals surface area contributed by atoms with E-state index in [-0.39, 0.29) is 5.52 Å². The normalized spacial score (nSPS) is 11.9. The van der Waals surface area contributed by atoms with Crippen LogP contribution in [0.25, 0.3) is 10.9 Å². The van der Waals surface area contributed by atoms with Gasteiger partial charge in [0.25, 0.3) is 10.7 Å². The molecule has 2 aromatic rings. The van der Waals surface area contributed by atoms with Crippen molar-refractivity contribution < 1.29 is 13.0 Å². The SMILES string of the molecule is Cn1c(S(=O)(=O)O)nc2ccccc2c1=O. The maximum Gasteiger partial charge on any atom is 0.328 e. The van der Waals surface area contributed by atoms with Crippen molar-refractivity contribution in [2.24, 2.45) is 7.05 Å². The highest BCUT2D eigenvalue weighted by Gasteiger charge is 2.18. The molecule has 0 unspecified atom stereocenters. The quantitative estimate of drug-likeness (QED) is 0.567. The molecule has 0 amide bonds. The van der Waals surface area contributed by atoms with E-state index in [9.17, 15) is 13.2 Å². The lowest BCUT2D eigenvalue weighted by Crippen LogP contribution is -2.24. The first-order valence-corrected chi connectivity index (χ1v) is 5.78. The highest BCUT2D eigenvalue weighted by molar-refractivity contribution is 7.85. The van der Waals surface area contributed by atoms with Gasteiger partial charge in [0.05, 0.1) is 10.9 Å². The van der Waals surface area contributed by atoms with Crippen molar-refractivity contribution in [2.75, 3.05) is 0 Å². The summed E-state index contributed by atoms with van der Waals surface area (Å²) >= 11 is 0. The third-order valence-electron chi connectivity index (χ3n) is 2.17. The van der Waals surface area contributed by atoms with Crippen molar-refractivity contribution in [3.8, 4) is 0 Å². The van der Waals surface area contributed by atoms with E-state index in [0.717, 1.165) is 4.57 Å². The Morgan fingerprint density at radius 3 is 2.56 bits per heavy atom. The van der Waals surface area contributed by atoms with E-state index in [0.29, 0.717) is 5.39 Å². The largest absolute Gasteiger partial charge is 0.328 e. The van der Waals surface area contributed by atoms with E-state index in [1.165, 1.54) is 13.1 Å². The second-order valence-corrected chi connectivity index (χ2v) is 4.57. The molecule has 7 heteroatoms. The Labute approximate surface area is 90.9 Å². The van der Waals surface area contributed by atoms with Gasteiger partial charge in [-0.25, -0.2) is 4.98 Å². The Bertz CT molecular complexity index is 718. The van der Waals surface area contributed by atoms with Gasteiger partial charge in [0.15, 0.2) is 0 Å². The minimum Gasteiger partial charge on any atom is -0.284 e. The second-order valence-electron chi connectivity index (χ2n) is 3.25. The number of hydrogen-bond acceptors (Lipinski definition) is 4. The maximum absolute atomic E-state index is 11.7. The smallest absolute Gasteiger partial charge is 0.284 e. The van der Waals surface area contributed by atoms with E-state index in [4.69, 9.17) is 4.55 Å². The molecule has 1 heterocycles. The van der Waals surface area contributed by atoms with E-state index in [2.05, 4.69) is 4.98 Å². The van der Waals surface area contributed by atoms with Crippen molar-refractivity contribution in [2.45, 2.75) is 5.16 Å². The number of fused-ring (bicyclic) bond motifs is 1. The summed E-state index contributed by atoms with van der Waals surface area (Å²) in [7, 11) is -3.25. The van der Waals surface area contributed by atoms with Gasteiger partial charge >= 0.3 is 10.1 Å². The summed E-state index contributed by atoms with van der Waals surface area (Å²) in [6.45, 7) is 0. The fraction of sp³-hybridized carbons (Fsp3) is 0.111. The first kappa shape index (κ1) is 10.8. The van der Waals surface area contributed by atoms with Gasteiger partial charge in [0.1, 0.15) is 0 Å². The van der Waals surface area contributed by atoms with Crippen molar-refractivity contribution in [1.29, 1.82) is 0 Å². The minimum atomic E-state index is -4.50. The van der Waals surface area contributed by atoms with Gasteiger partial charge in [0.2, 0.25) is 0 Å². The molecule has 0 atom stereocenters. The molecule has 2 rings (SSSR count). The molecule has 0 saturated heterocycles. The number of para-hydroxylation sites is 1. The lowest BCUT2D eigenvalue weighted by Gasteiger charge is -2.05. The van der Waals surface area contributed by atoms with E-state index >= 15 is 0 Å². The van der Waals surface area contributed by atoms with Gasteiger partial charge < -0.3 is 0 Å². The van der Waals surface area contributed by atoms with Gasteiger partial charge in [-0.1, -0.05) is 12.1 Å². The highest BCUT2D eigenvalue weighted by atomic mass is 32.2. The Hall–Kier alpha value is -1.73. The Balaban J connectivity index is 3.02. The Morgan fingerprint density at radius 2 is 1.94 bits per heavy atom. The van der Waals surface area contributed by atoms with Gasteiger partial charge in [0, 0.05) is 7.05 Å². The van der Waals surface area contributed by atoms with Gasteiger partial charge in [-0.3, -0.25) is 13.9 Å². The Morgan fingerprint density at radius 1 is 1.31 bits per heavy atom. The maximum atomic E-state index is 11.7. The van der Waals surface area contributed by atoms with Crippen molar-refractivity contribution in [3.63, 3.8) is 0 Å². The van der Waals surface area contributed by atoms with Crippen molar-refractivity contribution >= 4 is 21.0 Å². The first-order chi connectivity index (χ1) is 7.41. The zero-order valence-corrected chi connectivity index (χ0v) is 9.10. The second kappa shape index (κ2) is 3.39. The van der Waals surface area contributed by atoms with Crippen molar-refractivity contribution in [3.05, 3.63) is 34.6 Å². The minimum absolute atomic E-state index is 0.234. The average molecular weight is 240 g/mol. The third-order valence-corrected chi connectivity index (χ3v) is 3.00. The zero-order chi connectivity index (χ0) is 11.9. The van der Waals surface area contributed by atoms with Gasteiger partial charge in [-0.05, 0) is 12.1 Å². The molecule has 0 radical (unpaired) electrons. The molecule has 1 aromatic carbocycles. The summed E-state index contributed by atoms with van der Waals surface area (Å²) in [4.78, 5) is 15.5. The topological polar surface area (TPSA) is 89.3 Å². The molecular weight excluding hydrogens is 232 g/mol. The van der Waals surface area contributed by atoms with Crippen molar-refractivity contribution in [1.82, 2.24) is 9.55 Å². The molecule has 0 saturated carbocycles. The summed E-state index contributed by atoms with van der Waals surface area (Å²) in [6, 6.07) is 6.32. The van der Waals surface area contributed by atoms with Crippen LogP contribution in [0.15, 0.2) is 34.2 Å². The summed E-state index contributed by atoms with van der Waals surface area (Å²) in [5.74, 6) is 0. The first-order valence-electron chi connectivity index (χ1n) is 4.34. The van der Waals surface area contributed by atoms with E-state index in [1.54, 1.807) is 18.2 Å². The average Bonchev–Trinajstić information content (AvgIpc) is 2.22. The molecule has 1 N–H and O–H groups in total. The molecular formula is C9H8N2O4S. The summed E-state index contributed by atoms with van der Waals surface area (Å²) in [6.07, 6.45) is 0. The third kappa shape index (κ3) is 1.59. The molecule has 0 bridgehead atoms. The summed E-state index contributed by atoms with van der Waals surface area (Å²) < 4.78 is 31.7. The van der Waals surface area contributed by atoms with Gasteiger partial charge in [-0.15, -0.1) is 0 Å². The van der Waals surface area contributed by atoms with Crippen LogP contribution in [0.1, 0.15) is 0 Å². The summed E-state index contributed by atoms with van der Waals surface area (Å²) in [5, 5.41) is -0.353. The van der Waals surface area contributed by atoms with Crippen LogP contribution in [0.4, 0.5) is 0 Å². The van der Waals surface area contributed by atoms with Gasteiger partial charge in [-0.2, -0.15) is 8.42 Å². The number of nitrogens with zero attached hydrogens (tertiary/aromatic N) is 2. The van der Waals surface area contributed by atoms with Crippen LogP contribution in [0, 0.1) is 0 Å². The predicted octanol–water partition coefficient (Wildman–Crippen LogP) is 0.180. The van der Waals surface area contributed by atoms with Crippen LogP contribution in [-0.2, 0) is 17.2 Å². The molecule has 0 aliphatic rings. The van der Waals surface area contributed by atoms with Crippen LogP contribution in [-0.4, -0.2) is 22.5 Å². The molecule has 0 aliphatic heterocycles. The van der Waals surface area contributed by atoms with Crippen LogP contribution in [0.5, 0.6) is 0 Å². The lowest BCUT2D eigenvalue weighted by molar-refractivity contribution is 0.465. The van der Waals surface area contributed by atoms with E-state index < -0.39 is 20.8 Å². The van der Waals surface area contributed by atoms with Crippen LogP contribution in [0.2, 0.25) is 0 Å². The van der Waals surface area contributed by atoms with E-state index in [1.807, 2.05) is 0 Å². The molecule has 0 aliphatic carbocycles. The molecule has 0 fully saturated rings. The Kier molecular flexibility index (Phi) is 2.28. The lowest BCUT2D eigenvalue weighted by atomic mass is 10.2. The fourth-order valence-electron chi connectivity index (χ4n) is 1.43. The molecule has 1 aromatic heterocycles. The monoisotopic (exact) mass is 240 g/mol. The number of rotatable bonds is 1. The summed E-state index contributed by atoms with van der Waals surface area (Å²) in [5.41, 5.74) is -0.281. The molecule has 6 nitrogen and oxygen atoms in total. The van der Waals surface area contributed by atoms with Crippen LogP contribution < -0.4 is 5.56 Å². The highest BCUT2D eigenvalue weighted by Crippen LogP contribution is 2.09. The standard InChI is InChI=1S/C9H8N2O4S/c1-11-8(12)6-4-2-3-5-7(6)10-9(11)16(13,14)15/h2-5H,1H3,(H,13,14,15). The zero-order valence-electron chi connectivity index (χ0n) is 8.28. The fourth-order valence-corrected chi connectivity index (χ4v) is 2.07. The molecule has 0 spiro atoms. The predicted molar refractivity (Wildman–Crippen MR) is 56.8 cm³/mol.